The molecule has 0 spiro atoms. The molecule has 2 aliphatic rings. The first-order valence-corrected chi connectivity index (χ1v) is 11.7. The van der Waals surface area contributed by atoms with Gasteiger partial charge in [-0.15, -0.1) is 0 Å². The first-order chi connectivity index (χ1) is 17.0. The standard InChI is InChI=1S/C26H30N2O7/c1-33-18(13-24(29)28-10-11-34-15-17(28)12-25(30)31)14-27-26(32)35-16-23-21-8-4-2-6-19(21)20-7-3-5-9-22(20)23/h2-9,17-18,23H,10-16H2,1H3,(H,27,32)(H,30,31). The first kappa shape index (κ1) is 24.7. The molecule has 0 bridgehead atoms. The number of aliphatic carboxylic acids is 1. The summed E-state index contributed by atoms with van der Waals surface area (Å²) in [6, 6.07) is 15.7. The number of morpholine rings is 1. The number of carbonyl (C=O) groups excluding carboxylic acids is 2. The number of fused-ring (bicyclic) bond motifs is 3. The van der Waals surface area contributed by atoms with Crippen LogP contribution in [0.4, 0.5) is 4.79 Å². The van der Waals surface area contributed by atoms with Crippen LogP contribution in [0.15, 0.2) is 48.5 Å². The van der Waals surface area contributed by atoms with E-state index in [1.54, 1.807) is 0 Å². The van der Waals surface area contributed by atoms with Gasteiger partial charge in [0, 0.05) is 26.1 Å². The lowest BCUT2D eigenvalue weighted by Gasteiger charge is -2.35. The van der Waals surface area contributed by atoms with Gasteiger partial charge in [0.25, 0.3) is 0 Å². The van der Waals surface area contributed by atoms with Crippen LogP contribution >= 0.6 is 0 Å². The second-order valence-electron chi connectivity index (χ2n) is 8.68. The van der Waals surface area contributed by atoms with E-state index in [4.69, 9.17) is 19.3 Å². The molecule has 0 saturated carbocycles. The number of carboxylic acid groups (broad SMARTS) is 1. The number of amides is 2. The summed E-state index contributed by atoms with van der Waals surface area (Å²) in [5, 5.41) is 11.8. The monoisotopic (exact) mass is 482 g/mol. The van der Waals surface area contributed by atoms with Gasteiger partial charge in [0.15, 0.2) is 0 Å². The average molecular weight is 483 g/mol. The Kier molecular flexibility index (Phi) is 7.99. The number of carboxylic acids is 1. The second-order valence-corrected chi connectivity index (χ2v) is 8.68. The molecule has 186 valence electrons. The number of ether oxygens (including phenoxy) is 3. The minimum Gasteiger partial charge on any atom is -0.481 e. The molecule has 1 aliphatic carbocycles. The number of benzene rings is 2. The van der Waals surface area contributed by atoms with Crippen LogP contribution in [0.5, 0.6) is 0 Å². The van der Waals surface area contributed by atoms with Gasteiger partial charge in [-0.1, -0.05) is 48.5 Å². The van der Waals surface area contributed by atoms with Crippen molar-refractivity contribution in [3.63, 3.8) is 0 Å². The van der Waals surface area contributed by atoms with Gasteiger partial charge in [0.05, 0.1) is 38.2 Å². The summed E-state index contributed by atoms with van der Waals surface area (Å²) in [7, 11) is 1.46. The minimum atomic E-state index is -0.987. The maximum Gasteiger partial charge on any atom is 0.407 e. The van der Waals surface area contributed by atoms with E-state index >= 15 is 0 Å². The zero-order valence-corrected chi connectivity index (χ0v) is 19.6. The number of nitrogens with one attached hydrogen (secondary N) is 1. The summed E-state index contributed by atoms with van der Waals surface area (Å²) < 4.78 is 16.2. The number of rotatable bonds is 9. The lowest BCUT2D eigenvalue weighted by Crippen LogP contribution is -2.50. The summed E-state index contributed by atoms with van der Waals surface area (Å²) in [6.45, 7) is 1.16. The molecule has 0 aromatic heterocycles. The summed E-state index contributed by atoms with van der Waals surface area (Å²) >= 11 is 0. The van der Waals surface area contributed by atoms with E-state index in [2.05, 4.69) is 29.6 Å². The van der Waals surface area contributed by atoms with Gasteiger partial charge in [-0.3, -0.25) is 9.59 Å². The van der Waals surface area contributed by atoms with Gasteiger partial charge >= 0.3 is 12.1 Å². The maximum atomic E-state index is 12.8. The number of hydrogen-bond acceptors (Lipinski definition) is 6. The second kappa shape index (κ2) is 11.3. The van der Waals surface area contributed by atoms with Crippen molar-refractivity contribution in [2.45, 2.75) is 30.9 Å². The molecular weight excluding hydrogens is 452 g/mol. The van der Waals surface area contributed by atoms with Crippen molar-refractivity contribution in [2.24, 2.45) is 0 Å². The third kappa shape index (κ3) is 5.80. The number of alkyl carbamates (subject to hydrolysis) is 1. The van der Waals surface area contributed by atoms with E-state index in [0.717, 1.165) is 22.3 Å². The quantitative estimate of drug-likeness (QED) is 0.565. The van der Waals surface area contributed by atoms with Crippen LogP contribution in [0.3, 0.4) is 0 Å². The lowest BCUT2D eigenvalue weighted by atomic mass is 9.98. The molecule has 9 heteroatoms. The summed E-state index contributed by atoms with van der Waals surface area (Å²) in [4.78, 5) is 37.9. The van der Waals surface area contributed by atoms with Crippen LogP contribution in [0.2, 0.25) is 0 Å². The number of carbonyl (C=O) groups is 3. The van der Waals surface area contributed by atoms with Crippen LogP contribution in [0.25, 0.3) is 11.1 Å². The third-order valence-electron chi connectivity index (χ3n) is 6.51. The van der Waals surface area contributed by atoms with Gasteiger partial charge < -0.3 is 29.5 Å². The Morgan fingerprint density at radius 3 is 2.40 bits per heavy atom. The van der Waals surface area contributed by atoms with Crippen LogP contribution in [0.1, 0.15) is 29.9 Å². The Morgan fingerprint density at radius 2 is 1.77 bits per heavy atom. The zero-order chi connectivity index (χ0) is 24.8. The van der Waals surface area contributed by atoms with Crippen molar-refractivity contribution in [1.29, 1.82) is 0 Å². The highest BCUT2D eigenvalue weighted by molar-refractivity contribution is 5.79. The van der Waals surface area contributed by atoms with Crippen LogP contribution in [0, 0.1) is 0 Å². The molecule has 1 saturated heterocycles. The third-order valence-corrected chi connectivity index (χ3v) is 6.51. The highest BCUT2D eigenvalue weighted by Gasteiger charge is 2.31. The molecule has 1 aliphatic heterocycles. The fraction of sp³-hybridized carbons (Fsp3) is 0.423. The number of nitrogens with zero attached hydrogens (tertiary/aromatic N) is 1. The van der Waals surface area contributed by atoms with Gasteiger partial charge in [0.1, 0.15) is 6.61 Å². The molecule has 2 aromatic rings. The average Bonchev–Trinajstić information content (AvgIpc) is 3.18. The van der Waals surface area contributed by atoms with Crippen LogP contribution in [-0.4, -0.2) is 80.1 Å². The molecule has 4 rings (SSSR count). The summed E-state index contributed by atoms with van der Waals surface area (Å²) in [5.41, 5.74) is 4.56. The molecule has 2 aromatic carbocycles. The topological polar surface area (TPSA) is 114 Å². The van der Waals surface area contributed by atoms with Gasteiger partial charge in [-0.05, 0) is 22.3 Å². The van der Waals surface area contributed by atoms with E-state index in [9.17, 15) is 14.4 Å². The SMILES string of the molecule is COC(CNC(=O)OCC1c2ccccc2-c2ccccc21)CC(=O)N1CCOCC1CC(=O)O. The molecular formula is C26H30N2O7. The van der Waals surface area contributed by atoms with Gasteiger partial charge in [-0.2, -0.15) is 0 Å². The van der Waals surface area contributed by atoms with Gasteiger partial charge in [0.2, 0.25) is 5.91 Å². The Labute approximate surface area is 204 Å². The van der Waals surface area contributed by atoms with Crippen LogP contribution < -0.4 is 5.32 Å². The van der Waals surface area contributed by atoms with Crippen molar-refractivity contribution in [1.82, 2.24) is 10.2 Å². The molecule has 35 heavy (non-hydrogen) atoms. The normalized spacial score (nSPS) is 17.9. The lowest BCUT2D eigenvalue weighted by molar-refractivity contribution is -0.147. The number of hydrogen-bond donors (Lipinski definition) is 2. The zero-order valence-electron chi connectivity index (χ0n) is 19.6. The highest BCUT2D eigenvalue weighted by Crippen LogP contribution is 2.44. The molecule has 2 amide bonds. The van der Waals surface area contributed by atoms with E-state index in [-0.39, 0.29) is 44.4 Å². The van der Waals surface area contributed by atoms with E-state index < -0.39 is 24.2 Å². The van der Waals surface area contributed by atoms with Crippen molar-refractivity contribution in [3.05, 3.63) is 59.7 Å². The molecule has 1 heterocycles. The Hall–Kier alpha value is -3.43. The minimum absolute atomic E-state index is 0.0102. The predicted molar refractivity (Wildman–Crippen MR) is 127 cm³/mol. The van der Waals surface area contributed by atoms with Crippen molar-refractivity contribution in [3.8, 4) is 11.1 Å². The molecule has 0 radical (unpaired) electrons. The predicted octanol–water partition coefficient (Wildman–Crippen LogP) is 2.63. The van der Waals surface area contributed by atoms with E-state index in [0.29, 0.717) is 13.2 Å². The summed E-state index contributed by atoms with van der Waals surface area (Å²) in [5.74, 6) is -1.26. The summed E-state index contributed by atoms with van der Waals surface area (Å²) in [6.07, 6.45) is -1.33. The molecule has 1 fully saturated rings. The molecule has 9 nitrogen and oxygen atoms in total. The Bertz CT molecular complexity index is 1030. The molecule has 2 N–H and O–H groups in total. The molecule has 2 unspecified atom stereocenters. The van der Waals surface area contributed by atoms with E-state index in [1.807, 2.05) is 24.3 Å². The molecule has 2 atom stereocenters. The van der Waals surface area contributed by atoms with Crippen molar-refractivity contribution >= 4 is 18.0 Å². The highest BCUT2D eigenvalue weighted by atomic mass is 16.5. The van der Waals surface area contributed by atoms with E-state index in [1.165, 1.54) is 12.0 Å². The number of methoxy groups -OCH3 is 1. The fourth-order valence-corrected chi connectivity index (χ4v) is 4.75. The maximum absolute atomic E-state index is 12.8. The van der Waals surface area contributed by atoms with Crippen molar-refractivity contribution in [2.75, 3.05) is 40.0 Å². The Morgan fingerprint density at radius 1 is 1.11 bits per heavy atom. The van der Waals surface area contributed by atoms with Crippen LogP contribution in [-0.2, 0) is 23.8 Å². The Balaban J connectivity index is 1.29. The fourth-order valence-electron chi connectivity index (χ4n) is 4.75. The smallest absolute Gasteiger partial charge is 0.407 e. The first-order valence-electron chi connectivity index (χ1n) is 11.7. The van der Waals surface area contributed by atoms with Gasteiger partial charge in [-0.25, -0.2) is 4.79 Å². The largest absolute Gasteiger partial charge is 0.481 e. The van der Waals surface area contributed by atoms with Crippen molar-refractivity contribution < 1.29 is 33.7 Å².